The zero-order valence-electron chi connectivity index (χ0n) is 21.7. The zero-order valence-corrected chi connectivity index (χ0v) is 22.5. The fourth-order valence-electron chi connectivity index (χ4n) is 4.46. The predicted molar refractivity (Wildman–Crippen MR) is 151 cm³/mol. The number of ether oxygens (including phenoxy) is 2. The molecule has 1 atom stereocenters. The number of pyridine rings is 1. The minimum absolute atomic E-state index is 0.128. The number of carbonyl (C=O) groups excluding carboxylic acids is 2. The molecule has 0 spiro atoms. The van der Waals surface area contributed by atoms with Gasteiger partial charge < -0.3 is 19.7 Å². The van der Waals surface area contributed by atoms with E-state index in [1.54, 1.807) is 19.3 Å². The molecule has 2 aliphatic heterocycles. The lowest BCUT2D eigenvalue weighted by atomic mass is 9.93. The zero-order chi connectivity index (χ0) is 27.2. The summed E-state index contributed by atoms with van der Waals surface area (Å²) in [6.07, 6.45) is 3.52. The number of nitrogens with one attached hydrogen (secondary N) is 1. The molecule has 39 heavy (non-hydrogen) atoms. The number of hydrogen-bond donors (Lipinski definition) is 1. The Morgan fingerprint density at radius 3 is 2.56 bits per heavy atom. The van der Waals surface area contributed by atoms with Crippen LogP contribution in [0.25, 0.3) is 0 Å². The average Bonchev–Trinajstić information content (AvgIpc) is 3.34. The third-order valence-corrected chi connectivity index (χ3v) is 7.12. The van der Waals surface area contributed by atoms with Crippen molar-refractivity contribution in [2.24, 2.45) is 4.99 Å². The maximum Gasteiger partial charge on any atom is 0.338 e. The summed E-state index contributed by atoms with van der Waals surface area (Å²) >= 11 is 1.44. The highest BCUT2D eigenvalue weighted by Gasteiger charge is 2.41. The predicted octanol–water partition coefficient (Wildman–Crippen LogP) is 5.72. The molecule has 2 aliphatic rings. The Balaban J connectivity index is 1.44. The van der Waals surface area contributed by atoms with Gasteiger partial charge in [0.25, 0.3) is 0 Å². The summed E-state index contributed by atoms with van der Waals surface area (Å²) in [6.45, 7) is 4.23. The van der Waals surface area contributed by atoms with E-state index < -0.39 is 12.0 Å². The Hall–Kier alpha value is -4.37. The molecule has 198 valence electrons. The standard InChI is InChI=1S/C30H28N4O4S/c1-3-37-29(36)27-20(2)33-30-34(23(19-39-30)17-26(35)32-18-21-12-14-31-15-13-21)28(27)22-8-7-11-25(16-22)38-24-9-5-4-6-10-24/h4-16,19,28H,3,17-18H2,1-2H3,(H,32,35)/t28-/m0/s1. The first-order valence-electron chi connectivity index (χ1n) is 12.6. The van der Waals surface area contributed by atoms with Gasteiger partial charge in [0.15, 0.2) is 5.17 Å². The molecule has 3 aromatic rings. The van der Waals surface area contributed by atoms with Crippen molar-refractivity contribution in [3.8, 4) is 11.5 Å². The van der Waals surface area contributed by atoms with Gasteiger partial charge in [-0.1, -0.05) is 42.1 Å². The number of esters is 1. The maximum atomic E-state index is 13.2. The van der Waals surface area contributed by atoms with Crippen LogP contribution in [0.2, 0.25) is 0 Å². The van der Waals surface area contributed by atoms with Crippen LogP contribution in [0.5, 0.6) is 11.5 Å². The summed E-state index contributed by atoms with van der Waals surface area (Å²) in [6, 6.07) is 20.3. The van der Waals surface area contributed by atoms with Crippen molar-refractivity contribution in [1.82, 2.24) is 15.2 Å². The second kappa shape index (κ2) is 12.0. The number of fused-ring (bicyclic) bond motifs is 1. The SMILES string of the molecule is CCOC(=O)C1=C(C)N=C2SC=C(CC(=O)NCc3ccncc3)N2[C@H]1c1cccc(Oc2ccccc2)c1. The number of aromatic nitrogens is 1. The Morgan fingerprint density at radius 2 is 1.79 bits per heavy atom. The number of allylic oxidation sites excluding steroid dienone is 1. The topological polar surface area (TPSA) is 93.1 Å². The third kappa shape index (κ3) is 6.04. The van der Waals surface area contributed by atoms with E-state index in [-0.39, 0.29) is 18.9 Å². The number of thioether (sulfide) groups is 1. The molecule has 0 unspecified atom stereocenters. The summed E-state index contributed by atoms with van der Waals surface area (Å²) < 4.78 is 11.5. The van der Waals surface area contributed by atoms with Gasteiger partial charge in [-0.3, -0.25) is 9.78 Å². The molecule has 0 saturated heterocycles. The normalized spacial score (nSPS) is 16.3. The number of hydrogen-bond acceptors (Lipinski definition) is 8. The molecule has 0 bridgehead atoms. The van der Waals surface area contributed by atoms with Crippen LogP contribution in [0.15, 0.2) is 106 Å². The van der Waals surface area contributed by atoms with Crippen LogP contribution in [0.4, 0.5) is 0 Å². The molecular weight excluding hydrogens is 512 g/mol. The highest BCUT2D eigenvalue weighted by Crippen LogP contribution is 2.45. The van der Waals surface area contributed by atoms with Crippen LogP contribution < -0.4 is 10.1 Å². The molecule has 0 aliphatic carbocycles. The van der Waals surface area contributed by atoms with Gasteiger partial charge in [-0.15, -0.1) is 0 Å². The van der Waals surface area contributed by atoms with E-state index in [2.05, 4.69) is 10.3 Å². The lowest BCUT2D eigenvalue weighted by molar-refractivity contribution is -0.139. The summed E-state index contributed by atoms with van der Waals surface area (Å²) in [5.74, 6) is 0.775. The highest BCUT2D eigenvalue weighted by molar-refractivity contribution is 8.16. The Kier molecular flexibility index (Phi) is 8.07. The van der Waals surface area contributed by atoms with Crippen LogP contribution in [0, 0.1) is 0 Å². The van der Waals surface area contributed by atoms with Gasteiger partial charge >= 0.3 is 5.97 Å². The van der Waals surface area contributed by atoms with Crippen LogP contribution in [-0.4, -0.2) is 33.5 Å². The first-order valence-corrected chi connectivity index (χ1v) is 13.5. The highest BCUT2D eigenvalue weighted by atomic mass is 32.2. The van der Waals surface area contributed by atoms with Crippen molar-refractivity contribution in [1.29, 1.82) is 0 Å². The van der Waals surface area contributed by atoms with Crippen molar-refractivity contribution in [3.63, 3.8) is 0 Å². The van der Waals surface area contributed by atoms with Crippen LogP contribution >= 0.6 is 11.8 Å². The van der Waals surface area contributed by atoms with Crippen molar-refractivity contribution in [2.45, 2.75) is 32.9 Å². The van der Waals surface area contributed by atoms with E-state index in [0.29, 0.717) is 34.5 Å². The van der Waals surface area contributed by atoms with Gasteiger partial charge in [0.05, 0.1) is 30.3 Å². The number of rotatable bonds is 9. The molecule has 9 heteroatoms. The number of carbonyl (C=O) groups is 2. The summed E-state index contributed by atoms with van der Waals surface area (Å²) in [5, 5.41) is 5.59. The molecular formula is C30H28N4O4S. The molecule has 2 aromatic carbocycles. The van der Waals surface area contributed by atoms with Gasteiger partial charge in [0, 0.05) is 24.6 Å². The maximum absolute atomic E-state index is 13.2. The van der Waals surface area contributed by atoms with Crippen molar-refractivity contribution in [2.75, 3.05) is 6.61 Å². The van der Waals surface area contributed by atoms with Gasteiger partial charge in [0.1, 0.15) is 11.5 Å². The lowest BCUT2D eigenvalue weighted by Gasteiger charge is -2.36. The molecule has 0 saturated carbocycles. The number of nitrogens with zero attached hydrogens (tertiary/aromatic N) is 3. The minimum atomic E-state index is -0.537. The largest absolute Gasteiger partial charge is 0.463 e. The van der Waals surface area contributed by atoms with Crippen molar-refractivity contribution < 1.29 is 19.1 Å². The number of aliphatic imine (C=N–C) groups is 1. The quantitative estimate of drug-likeness (QED) is 0.347. The monoisotopic (exact) mass is 540 g/mol. The fourth-order valence-corrected chi connectivity index (χ4v) is 5.42. The fraction of sp³-hybridized carbons (Fsp3) is 0.200. The Morgan fingerprint density at radius 1 is 1.03 bits per heavy atom. The number of amidine groups is 1. The van der Waals surface area contributed by atoms with Gasteiger partial charge in [-0.25, -0.2) is 9.79 Å². The van der Waals surface area contributed by atoms with E-state index in [9.17, 15) is 9.59 Å². The molecule has 3 heterocycles. The molecule has 8 nitrogen and oxygen atoms in total. The second-order valence-electron chi connectivity index (χ2n) is 8.91. The van der Waals surface area contributed by atoms with E-state index in [1.807, 2.05) is 84.0 Å². The average molecular weight is 541 g/mol. The lowest BCUT2D eigenvalue weighted by Crippen LogP contribution is -2.38. The van der Waals surface area contributed by atoms with E-state index in [1.165, 1.54) is 11.8 Å². The first kappa shape index (κ1) is 26.2. The molecule has 0 fully saturated rings. The molecule has 1 N–H and O–H groups in total. The van der Waals surface area contributed by atoms with Crippen LogP contribution in [0.3, 0.4) is 0 Å². The number of para-hydroxylation sites is 1. The van der Waals surface area contributed by atoms with Gasteiger partial charge in [-0.2, -0.15) is 0 Å². The second-order valence-corrected chi connectivity index (χ2v) is 9.75. The molecule has 0 radical (unpaired) electrons. The minimum Gasteiger partial charge on any atom is -0.463 e. The van der Waals surface area contributed by atoms with Crippen molar-refractivity contribution >= 4 is 28.8 Å². The van der Waals surface area contributed by atoms with Gasteiger partial charge in [-0.05, 0) is 66.8 Å². The summed E-state index contributed by atoms with van der Waals surface area (Å²) in [4.78, 5) is 36.9. The van der Waals surface area contributed by atoms with Crippen LogP contribution in [0.1, 0.15) is 37.4 Å². The number of benzene rings is 2. The van der Waals surface area contributed by atoms with Crippen LogP contribution in [-0.2, 0) is 20.9 Å². The van der Waals surface area contributed by atoms with Gasteiger partial charge in [0.2, 0.25) is 5.91 Å². The third-order valence-electron chi connectivity index (χ3n) is 6.23. The van der Waals surface area contributed by atoms with E-state index in [4.69, 9.17) is 14.5 Å². The van der Waals surface area contributed by atoms with Crippen molar-refractivity contribution in [3.05, 3.63) is 113 Å². The Labute approximate surface area is 231 Å². The summed E-state index contributed by atoms with van der Waals surface area (Å²) in [5.41, 5.74) is 3.56. The summed E-state index contributed by atoms with van der Waals surface area (Å²) in [7, 11) is 0. The number of amides is 1. The molecule has 1 aromatic heterocycles. The molecule has 5 rings (SSSR count). The molecule has 1 amide bonds. The Bertz CT molecular complexity index is 1450. The van der Waals surface area contributed by atoms with E-state index >= 15 is 0 Å². The first-order chi connectivity index (χ1) is 19.0. The van der Waals surface area contributed by atoms with E-state index in [0.717, 1.165) is 16.8 Å². The smallest absolute Gasteiger partial charge is 0.338 e.